The number of amides is 2. The number of carbonyl (C=O) groups is 2. The summed E-state index contributed by atoms with van der Waals surface area (Å²) < 4.78 is 15.7. The first kappa shape index (κ1) is 25.2. The molecule has 1 saturated heterocycles. The van der Waals surface area contributed by atoms with E-state index in [4.69, 9.17) is 19.0 Å². The third-order valence-corrected chi connectivity index (χ3v) is 6.37. The first-order valence-electron chi connectivity index (χ1n) is 11.7. The minimum atomic E-state index is -0.742. The predicted octanol–water partition coefficient (Wildman–Crippen LogP) is 2.52. The Morgan fingerprint density at radius 1 is 1.22 bits per heavy atom. The van der Waals surface area contributed by atoms with Crippen molar-refractivity contribution in [2.45, 2.75) is 38.3 Å². The molecule has 11 heteroatoms. The minimum absolute atomic E-state index is 0.110. The van der Waals surface area contributed by atoms with Crippen molar-refractivity contribution in [1.29, 1.82) is 0 Å². The van der Waals surface area contributed by atoms with Crippen LogP contribution in [0.1, 0.15) is 54.3 Å². The van der Waals surface area contributed by atoms with Crippen molar-refractivity contribution in [3.05, 3.63) is 47.6 Å². The number of aliphatic hydroxyl groups excluding tert-OH is 1. The van der Waals surface area contributed by atoms with E-state index in [1.165, 1.54) is 14.2 Å². The number of carbonyl (C=O) groups excluding carboxylic acids is 2. The van der Waals surface area contributed by atoms with E-state index >= 15 is 0 Å². The average molecular weight is 498 g/mol. The van der Waals surface area contributed by atoms with Crippen LogP contribution in [0.15, 0.2) is 34.9 Å². The third kappa shape index (κ3) is 4.78. The molecule has 11 nitrogen and oxygen atoms in total. The van der Waals surface area contributed by atoms with Gasteiger partial charge in [0.15, 0.2) is 5.76 Å². The zero-order chi connectivity index (χ0) is 26.0. The van der Waals surface area contributed by atoms with Gasteiger partial charge >= 0.3 is 0 Å². The van der Waals surface area contributed by atoms with Crippen LogP contribution >= 0.6 is 0 Å². The van der Waals surface area contributed by atoms with Gasteiger partial charge in [0.05, 0.1) is 26.4 Å². The summed E-state index contributed by atoms with van der Waals surface area (Å²) in [5.74, 6) is 0.449. The second kappa shape index (κ2) is 10.4. The number of β-amino-alcohol motifs (C(OH)–C–C–N with tert-alkyl or cyclic N) is 1. The van der Waals surface area contributed by atoms with Gasteiger partial charge in [-0.3, -0.25) is 9.59 Å². The van der Waals surface area contributed by atoms with Gasteiger partial charge in [0.25, 0.3) is 11.8 Å². The van der Waals surface area contributed by atoms with Crippen molar-refractivity contribution in [3.8, 4) is 22.9 Å². The van der Waals surface area contributed by atoms with Crippen LogP contribution in [0.5, 0.6) is 11.6 Å². The van der Waals surface area contributed by atoms with Gasteiger partial charge in [-0.25, -0.2) is 4.98 Å². The van der Waals surface area contributed by atoms with Crippen molar-refractivity contribution < 1.29 is 28.7 Å². The van der Waals surface area contributed by atoms with Gasteiger partial charge in [-0.15, -0.1) is 0 Å². The number of hydrogen-bond acceptors (Lipinski definition) is 8. The summed E-state index contributed by atoms with van der Waals surface area (Å²) in [4.78, 5) is 35.9. The molecule has 0 spiro atoms. The minimum Gasteiger partial charge on any atom is -0.497 e. The van der Waals surface area contributed by atoms with Crippen molar-refractivity contribution in [1.82, 2.24) is 25.3 Å². The zero-order valence-corrected chi connectivity index (χ0v) is 20.9. The lowest BCUT2D eigenvalue weighted by Gasteiger charge is -2.28. The Morgan fingerprint density at radius 2 is 1.94 bits per heavy atom. The number of nitrogens with zero attached hydrogens (tertiary/aromatic N) is 3. The second-order valence-corrected chi connectivity index (χ2v) is 9.04. The normalized spacial score (nSPS) is 18.4. The number of hydrogen-bond donors (Lipinski definition) is 3. The number of aromatic nitrogens is 3. The number of ether oxygens (including phenoxy) is 2. The number of H-pyrrole nitrogens is 1. The molecule has 0 radical (unpaired) electrons. The number of methoxy groups -OCH3 is 2. The van der Waals surface area contributed by atoms with Crippen LogP contribution in [0.25, 0.3) is 11.3 Å². The molecule has 3 N–H and O–H groups in total. The maximum absolute atomic E-state index is 13.8. The van der Waals surface area contributed by atoms with Crippen molar-refractivity contribution in [2.75, 3.05) is 27.8 Å². The molecule has 0 saturated carbocycles. The standard InChI is InChI=1S/C25H31N5O6/c1-13(2)20(18-11-19(35-5)29-36-18)25(33)30-12-15(31)10-17(30)23-27-21(22(28-23)24(32)26-3)14-6-8-16(34-4)9-7-14/h6-9,11,13,15,17,20,31H,10,12H2,1-5H3,(H,26,32)(H,27,28)/t15-,17+,20?/m1/s1. The lowest BCUT2D eigenvalue weighted by atomic mass is 9.91. The van der Waals surface area contributed by atoms with Gasteiger partial charge in [-0.1, -0.05) is 13.8 Å². The Hall–Kier alpha value is -3.86. The van der Waals surface area contributed by atoms with Crippen LogP contribution in [0, 0.1) is 5.92 Å². The van der Waals surface area contributed by atoms with Gasteiger partial charge in [-0.05, 0) is 35.3 Å². The van der Waals surface area contributed by atoms with Crippen LogP contribution in [0.4, 0.5) is 0 Å². The number of benzene rings is 1. The summed E-state index contributed by atoms with van der Waals surface area (Å²) in [6, 6.07) is 8.22. The van der Waals surface area contributed by atoms with Gasteiger partial charge in [0.2, 0.25) is 5.91 Å². The Balaban J connectivity index is 1.71. The quantitative estimate of drug-likeness (QED) is 0.431. The number of nitrogens with one attached hydrogen (secondary N) is 2. The van der Waals surface area contributed by atoms with Crippen molar-refractivity contribution >= 4 is 11.8 Å². The molecule has 1 aromatic carbocycles. The van der Waals surface area contributed by atoms with E-state index in [1.54, 1.807) is 30.2 Å². The second-order valence-electron chi connectivity index (χ2n) is 9.04. The monoisotopic (exact) mass is 497 g/mol. The summed E-state index contributed by atoms with van der Waals surface area (Å²) in [5.41, 5.74) is 1.43. The van der Waals surface area contributed by atoms with Gasteiger partial charge in [-0.2, -0.15) is 0 Å². The molecule has 3 heterocycles. The highest BCUT2D eigenvalue weighted by Gasteiger charge is 2.42. The molecule has 4 rings (SSSR count). The largest absolute Gasteiger partial charge is 0.497 e. The molecule has 2 aromatic heterocycles. The summed E-state index contributed by atoms with van der Waals surface area (Å²) in [6.07, 6.45) is -0.465. The van der Waals surface area contributed by atoms with Crippen LogP contribution in [-0.4, -0.2) is 70.9 Å². The van der Waals surface area contributed by atoms with Crippen LogP contribution < -0.4 is 14.8 Å². The summed E-state index contributed by atoms with van der Waals surface area (Å²) >= 11 is 0. The predicted molar refractivity (Wildman–Crippen MR) is 130 cm³/mol. The SMILES string of the molecule is CNC(=O)c1[nH]c([C@@H]2C[C@@H](O)CN2C(=O)C(c2cc(OC)no2)C(C)C)nc1-c1ccc(OC)cc1. The number of likely N-dealkylation sites (tertiary alicyclic amines) is 1. The first-order chi connectivity index (χ1) is 17.3. The van der Waals surface area contributed by atoms with Gasteiger partial charge in [0, 0.05) is 31.6 Å². The van der Waals surface area contributed by atoms with E-state index in [0.717, 1.165) is 0 Å². The fourth-order valence-electron chi connectivity index (χ4n) is 4.54. The van der Waals surface area contributed by atoms with E-state index in [-0.39, 0.29) is 42.3 Å². The highest BCUT2D eigenvalue weighted by molar-refractivity contribution is 5.98. The van der Waals surface area contributed by atoms with Gasteiger partial charge in [0.1, 0.15) is 28.9 Å². The van der Waals surface area contributed by atoms with Crippen LogP contribution in [0.2, 0.25) is 0 Å². The van der Waals surface area contributed by atoms with E-state index in [1.807, 2.05) is 26.0 Å². The number of aromatic amines is 1. The number of imidazole rings is 1. The fraction of sp³-hybridized carbons (Fsp3) is 0.440. The Bertz CT molecular complexity index is 1220. The number of rotatable bonds is 8. The lowest BCUT2D eigenvalue weighted by Crippen LogP contribution is -2.37. The molecule has 36 heavy (non-hydrogen) atoms. The summed E-state index contributed by atoms with van der Waals surface area (Å²) in [5, 5.41) is 17.0. The van der Waals surface area contributed by atoms with E-state index < -0.39 is 18.1 Å². The molecule has 3 atom stereocenters. The van der Waals surface area contributed by atoms with Gasteiger partial charge < -0.3 is 34.3 Å². The molecule has 3 aromatic rings. The topological polar surface area (TPSA) is 143 Å². The van der Waals surface area contributed by atoms with Crippen LogP contribution in [-0.2, 0) is 4.79 Å². The molecule has 0 aliphatic carbocycles. The fourth-order valence-corrected chi connectivity index (χ4v) is 4.54. The highest BCUT2D eigenvalue weighted by Crippen LogP contribution is 2.38. The maximum atomic E-state index is 13.8. The highest BCUT2D eigenvalue weighted by atomic mass is 16.5. The van der Waals surface area contributed by atoms with Crippen molar-refractivity contribution in [2.24, 2.45) is 5.92 Å². The zero-order valence-electron chi connectivity index (χ0n) is 20.9. The smallest absolute Gasteiger partial charge is 0.269 e. The molecule has 1 aliphatic rings. The third-order valence-electron chi connectivity index (χ3n) is 6.37. The van der Waals surface area contributed by atoms with E-state index in [9.17, 15) is 14.7 Å². The Morgan fingerprint density at radius 3 is 2.53 bits per heavy atom. The van der Waals surface area contributed by atoms with E-state index in [0.29, 0.717) is 28.6 Å². The molecule has 192 valence electrons. The average Bonchev–Trinajstić information content (AvgIpc) is 3.61. The summed E-state index contributed by atoms with van der Waals surface area (Å²) in [7, 11) is 4.59. The maximum Gasteiger partial charge on any atom is 0.269 e. The van der Waals surface area contributed by atoms with Crippen LogP contribution in [0.3, 0.4) is 0 Å². The summed E-state index contributed by atoms with van der Waals surface area (Å²) in [6.45, 7) is 3.96. The molecular formula is C25H31N5O6. The molecule has 1 fully saturated rings. The first-order valence-corrected chi connectivity index (χ1v) is 11.7. The Labute approximate surface area is 208 Å². The lowest BCUT2D eigenvalue weighted by molar-refractivity contribution is -0.135. The van der Waals surface area contributed by atoms with E-state index in [2.05, 4.69) is 15.5 Å². The molecular weight excluding hydrogens is 466 g/mol. The molecule has 1 aliphatic heterocycles. The molecule has 2 amide bonds. The number of aliphatic hydroxyl groups is 1. The molecule has 0 bridgehead atoms. The van der Waals surface area contributed by atoms with Crippen molar-refractivity contribution in [3.63, 3.8) is 0 Å². The molecule has 1 unspecified atom stereocenters. The Kier molecular flexibility index (Phi) is 7.30.